The first-order valence-electron chi connectivity index (χ1n) is 12.6. The summed E-state index contributed by atoms with van der Waals surface area (Å²) >= 11 is 6.54. The van der Waals surface area contributed by atoms with Gasteiger partial charge in [-0.15, -0.1) is 0 Å². The molecule has 1 fully saturated rings. The molecule has 0 radical (unpaired) electrons. The molecule has 35 heavy (non-hydrogen) atoms. The first kappa shape index (κ1) is 25.5. The first-order chi connectivity index (χ1) is 16.7. The number of benzene rings is 1. The average molecular weight is 496 g/mol. The maximum absolute atomic E-state index is 13.4. The van der Waals surface area contributed by atoms with Gasteiger partial charge in [-0.1, -0.05) is 11.6 Å². The molecule has 0 saturated heterocycles. The van der Waals surface area contributed by atoms with Crippen molar-refractivity contribution in [2.75, 3.05) is 25.5 Å². The summed E-state index contributed by atoms with van der Waals surface area (Å²) in [5, 5.41) is 3.73. The largest absolute Gasteiger partial charge is 0.369 e. The van der Waals surface area contributed by atoms with Crippen LogP contribution in [-0.2, 0) is 6.54 Å². The van der Waals surface area contributed by atoms with Crippen LogP contribution in [0, 0.1) is 20.8 Å². The number of rotatable bonds is 7. The molecule has 0 spiro atoms. The van der Waals surface area contributed by atoms with E-state index in [1.165, 1.54) is 31.4 Å². The summed E-state index contributed by atoms with van der Waals surface area (Å²) in [5.74, 6) is -0.0823. The second kappa shape index (κ2) is 10.6. The van der Waals surface area contributed by atoms with E-state index < -0.39 is 0 Å². The predicted octanol–water partition coefficient (Wildman–Crippen LogP) is 5.54. The second-order valence-electron chi connectivity index (χ2n) is 10.1. The number of nitrogens with zero attached hydrogens (tertiary/aromatic N) is 4. The topological polar surface area (TPSA) is 52.9 Å². The van der Waals surface area contributed by atoms with E-state index >= 15 is 0 Å². The molecule has 188 valence electrons. The van der Waals surface area contributed by atoms with Gasteiger partial charge in [-0.2, -0.15) is 0 Å². The molecule has 1 aliphatic carbocycles. The molecule has 0 unspecified atom stereocenters. The van der Waals surface area contributed by atoms with Crippen LogP contribution in [0.25, 0.3) is 5.65 Å². The molecule has 3 aromatic rings. The quantitative estimate of drug-likeness (QED) is 0.467. The third-order valence-corrected chi connectivity index (χ3v) is 7.93. The third kappa shape index (κ3) is 5.19. The number of aromatic nitrogens is 2. The van der Waals surface area contributed by atoms with E-state index in [1.807, 2.05) is 29.7 Å². The minimum absolute atomic E-state index is 0.0823. The fourth-order valence-corrected chi connectivity index (χ4v) is 5.88. The van der Waals surface area contributed by atoms with Crippen molar-refractivity contribution < 1.29 is 4.79 Å². The number of carbonyl (C=O) groups is 1. The maximum Gasteiger partial charge on any atom is 0.251 e. The second-order valence-corrected chi connectivity index (χ2v) is 10.5. The minimum Gasteiger partial charge on any atom is -0.369 e. The highest BCUT2D eigenvalue weighted by Crippen LogP contribution is 2.33. The molecule has 0 bridgehead atoms. The number of carbonyl (C=O) groups excluding carboxylic acids is 1. The molecular weight excluding hydrogens is 458 g/mol. The van der Waals surface area contributed by atoms with E-state index in [4.69, 9.17) is 11.6 Å². The van der Waals surface area contributed by atoms with Crippen LogP contribution in [0.15, 0.2) is 30.6 Å². The number of amides is 1. The maximum atomic E-state index is 13.4. The van der Waals surface area contributed by atoms with Crippen LogP contribution < -0.4 is 10.2 Å². The van der Waals surface area contributed by atoms with Gasteiger partial charge in [0.25, 0.3) is 5.91 Å². The van der Waals surface area contributed by atoms with Gasteiger partial charge in [-0.05, 0) is 96.8 Å². The summed E-state index contributed by atoms with van der Waals surface area (Å²) in [4.78, 5) is 22.7. The molecule has 1 aliphatic rings. The smallest absolute Gasteiger partial charge is 0.251 e. The minimum atomic E-state index is -0.0823. The van der Waals surface area contributed by atoms with Crippen molar-refractivity contribution in [1.29, 1.82) is 0 Å². The van der Waals surface area contributed by atoms with E-state index in [0.29, 0.717) is 23.7 Å². The molecule has 1 saturated carbocycles. The zero-order chi connectivity index (χ0) is 25.3. The zero-order valence-electron chi connectivity index (χ0n) is 21.9. The van der Waals surface area contributed by atoms with Crippen LogP contribution >= 0.6 is 11.6 Å². The van der Waals surface area contributed by atoms with Crippen LogP contribution in [0.1, 0.15) is 65.3 Å². The van der Waals surface area contributed by atoms with Crippen LogP contribution in [0.3, 0.4) is 0 Å². The molecular formula is C28H38ClN5O. The zero-order valence-corrected chi connectivity index (χ0v) is 22.6. The van der Waals surface area contributed by atoms with Crippen LogP contribution in [0.2, 0.25) is 5.02 Å². The Balaban J connectivity index is 1.56. The van der Waals surface area contributed by atoms with E-state index in [-0.39, 0.29) is 5.91 Å². The number of aryl methyl sites for hydroxylation is 2. The monoisotopic (exact) mass is 495 g/mol. The molecule has 1 N–H and O–H groups in total. The third-order valence-electron chi connectivity index (χ3n) is 7.60. The molecule has 2 heterocycles. The Hall–Kier alpha value is -2.57. The number of hydrogen-bond acceptors (Lipinski definition) is 4. The van der Waals surface area contributed by atoms with Gasteiger partial charge in [0.05, 0.1) is 5.02 Å². The predicted molar refractivity (Wildman–Crippen MR) is 145 cm³/mol. The SMILES string of the molecule is CCN(c1cc(C)cc(C(=O)NCc2c(Cl)cc(C)n3ccnc23)c1C)C1CCC(N(C)C)CC1. The van der Waals surface area contributed by atoms with Crippen molar-refractivity contribution >= 4 is 28.8 Å². The van der Waals surface area contributed by atoms with E-state index in [9.17, 15) is 4.79 Å². The van der Waals surface area contributed by atoms with E-state index in [2.05, 4.69) is 61.0 Å². The molecule has 0 atom stereocenters. The van der Waals surface area contributed by atoms with Gasteiger partial charge in [0.15, 0.2) is 0 Å². The molecule has 2 aromatic heterocycles. The molecule has 0 aliphatic heterocycles. The lowest BCUT2D eigenvalue weighted by Crippen LogP contribution is -2.42. The Bertz CT molecular complexity index is 1210. The number of imidazole rings is 1. The van der Waals surface area contributed by atoms with Crippen molar-refractivity contribution in [2.45, 2.75) is 72.0 Å². The van der Waals surface area contributed by atoms with Crippen LogP contribution in [-0.4, -0.2) is 52.9 Å². The molecule has 1 aromatic carbocycles. The Morgan fingerprint density at radius 2 is 1.80 bits per heavy atom. The molecule has 7 heteroatoms. The van der Waals surface area contributed by atoms with Gasteiger partial charge in [-0.3, -0.25) is 4.79 Å². The highest BCUT2D eigenvalue weighted by atomic mass is 35.5. The van der Waals surface area contributed by atoms with Gasteiger partial charge in [-0.25, -0.2) is 4.98 Å². The lowest BCUT2D eigenvalue weighted by atomic mass is 9.88. The lowest BCUT2D eigenvalue weighted by Gasteiger charge is -2.40. The van der Waals surface area contributed by atoms with Crippen molar-refractivity contribution in [2.24, 2.45) is 0 Å². The van der Waals surface area contributed by atoms with Crippen molar-refractivity contribution in [3.8, 4) is 0 Å². The van der Waals surface area contributed by atoms with Gasteiger partial charge in [0.1, 0.15) is 5.65 Å². The number of pyridine rings is 1. The van der Waals surface area contributed by atoms with E-state index in [1.54, 1.807) is 6.20 Å². The summed E-state index contributed by atoms with van der Waals surface area (Å²) in [7, 11) is 4.36. The highest BCUT2D eigenvalue weighted by molar-refractivity contribution is 6.31. The van der Waals surface area contributed by atoms with Gasteiger partial charge < -0.3 is 19.5 Å². The van der Waals surface area contributed by atoms with Crippen molar-refractivity contribution in [3.05, 3.63) is 63.6 Å². The number of halogens is 1. The van der Waals surface area contributed by atoms with Gasteiger partial charge in [0.2, 0.25) is 0 Å². The number of hydrogen-bond donors (Lipinski definition) is 1. The lowest BCUT2D eigenvalue weighted by molar-refractivity contribution is 0.0950. The summed E-state index contributed by atoms with van der Waals surface area (Å²) in [6.07, 6.45) is 8.45. The van der Waals surface area contributed by atoms with E-state index in [0.717, 1.165) is 40.1 Å². The Labute approximate surface area is 214 Å². The number of anilines is 1. The van der Waals surface area contributed by atoms with Crippen molar-refractivity contribution in [3.63, 3.8) is 0 Å². The number of fused-ring (bicyclic) bond motifs is 1. The average Bonchev–Trinajstić information content (AvgIpc) is 3.32. The Kier molecular flexibility index (Phi) is 7.72. The summed E-state index contributed by atoms with van der Waals surface area (Å²) in [5.41, 5.74) is 6.65. The fourth-order valence-electron chi connectivity index (χ4n) is 5.57. The Morgan fingerprint density at radius 1 is 1.11 bits per heavy atom. The normalized spacial score (nSPS) is 18.3. The summed E-state index contributed by atoms with van der Waals surface area (Å²) < 4.78 is 1.99. The molecule has 4 rings (SSSR count). The fraction of sp³-hybridized carbons (Fsp3) is 0.500. The highest BCUT2D eigenvalue weighted by Gasteiger charge is 2.28. The number of nitrogens with one attached hydrogen (secondary N) is 1. The standard InChI is InChI=1S/C28H38ClN5O/c1-7-33(22-10-8-21(9-11-22)32(5)6)26-15-18(2)14-23(20(26)4)28(35)31-17-24-25(29)16-19(3)34-13-12-30-27(24)34/h12-16,21-22H,7-11,17H2,1-6H3,(H,31,35). The van der Waals surface area contributed by atoms with Crippen LogP contribution in [0.5, 0.6) is 0 Å². The van der Waals surface area contributed by atoms with Crippen molar-refractivity contribution in [1.82, 2.24) is 19.6 Å². The van der Waals surface area contributed by atoms with Gasteiger partial charge in [0, 0.05) is 60.1 Å². The Morgan fingerprint density at radius 3 is 2.46 bits per heavy atom. The summed E-state index contributed by atoms with van der Waals surface area (Å²) in [6, 6.07) is 7.32. The molecule has 6 nitrogen and oxygen atoms in total. The first-order valence-corrected chi connectivity index (χ1v) is 13.0. The molecule has 1 amide bonds. The van der Waals surface area contributed by atoms with Gasteiger partial charge >= 0.3 is 0 Å². The summed E-state index contributed by atoms with van der Waals surface area (Å²) in [6.45, 7) is 9.61. The van der Waals surface area contributed by atoms with Crippen LogP contribution in [0.4, 0.5) is 5.69 Å².